The molecule has 2 aliphatic rings. The largest absolute Gasteiger partial charge is 0.497 e. The normalized spacial score (nSPS) is 18.8. The van der Waals surface area contributed by atoms with Crippen LogP contribution in [0.3, 0.4) is 0 Å². The SMILES string of the molecule is CCN(CC)c1ccc(C2c3sc(=O)n(CC(=O)Nc4ccc(S(N)(=O)=O)cc4)c3SC3C(=O)N(c4ccc(OC)cc4)C(=O)C32)cc1. The second kappa shape index (κ2) is 13.2. The number of methoxy groups -OCH3 is 1. The van der Waals surface area contributed by atoms with Crippen molar-refractivity contribution in [3.63, 3.8) is 0 Å². The molecule has 48 heavy (non-hydrogen) atoms. The third kappa shape index (κ3) is 6.14. The molecule has 0 radical (unpaired) electrons. The number of amides is 3. The zero-order chi connectivity index (χ0) is 34.3. The summed E-state index contributed by atoms with van der Waals surface area (Å²) in [4.78, 5) is 58.4. The Kier molecular flexibility index (Phi) is 9.22. The van der Waals surface area contributed by atoms with Gasteiger partial charge in [-0.1, -0.05) is 35.2 Å². The molecule has 2 aliphatic heterocycles. The number of fused-ring (bicyclic) bond motifs is 2. The molecule has 3 amide bonds. The van der Waals surface area contributed by atoms with Crippen molar-refractivity contribution in [1.29, 1.82) is 0 Å². The third-order valence-electron chi connectivity index (χ3n) is 8.53. The summed E-state index contributed by atoms with van der Waals surface area (Å²) in [5.41, 5.74) is 2.53. The van der Waals surface area contributed by atoms with E-state index in [-0.39, 0.29) is 17.3 Å². The molecule has 250 valence electrons. The van der Waals surface area contributed by atoms with Crippen molar-refractivity contribution in [2.24, 2.45) is 11.1 Å². The molecule has 15 heteroatoms. The molecule has 0 saturated carbocycles. The van der Waals surface area contributed by atoms with Crippen LogP contribution in [0, 0.1) is 5.92 Å². The third-order valence-corrected chi connectivity index (χ3v) is 12.1. The molecular formula is C33H33N5O7S3. The number of nitrogens with one attached hydrogen (secondary N) is 1. The van der Waals surface area contributed by atoms with Gasteiger partial charge >= 0.3 is 4.87 Å². The van der Waals surface area contributed by atoms with E-state index in [1.54, 1.807) is 24.3 Å². The van der Waals surface area contributed by atoms with Crippen LogP contribution in [0.15, 0.2) is 87.5 Å². The minimum atomic E-state index is -3.91. The van der Waals surface area contributed by atoms with Gasteiger partial charge in [0.1, 0.15) is 17.5 Å². The molecule has 1 saturated heterocycles. The maximum atomic E-state index is 14.2. The first kappa shape index (κ1) is 33.5. The number of nitrogens with two attached hydrogens (primary N) is 1. The minimum absolute atomic E-state index is 0.106. The summed E-state index contributed by atoms with van der Waals surface area (Å²) in [5.74, 6) is -2.10. The van der Waals surface area contributed by atoms with Crippen LogP contribution in [0.5, 0.6) is 5.75 Å². The van der Waals surface area contributed by atoms with Crippen molar-refractivity contribution in [3.05, 3.63) is 92.9 Å². The number of primary sulfonamides is 1. The zero-order valence-corrected chi connectivity index (χ0v) is 28.7. The fourth-order valence-electron chi connectivity index (χ4n) is 6.15. The number of aromatic nitrogens is 1. The molecule has 0 bridgehead atoms. The lowest BCUT2D eigenvalue weighted by Gasteiger charge is -2.31. The van der Waals surface area contributed by atoms with Gasteiger partial charge in [-0.05, 0) is 80.1 Å². The lowest BCUT2D eigenvalue weighted by Crippen LogP contribution is -2.33. The molecule has 3 unspecified atom stereocenters. The fraction of sp³-hybridized carbons (Fsp3) is 0.273. The predicted molar refractivity (Wildman–Crippen MR) is 185 cm³/mol. The van der Waals surface area contributed by atoms with Gasteiger partial charge in [0.05, 0.1) is 28.6 Å². The number of carbonyl (C=O) groups is 3. The van der Waals surface area contributed by atoms with Crippen LogP contribution < -0.4 is 29.9 Å². The van der Waals surface area contributed by atoms with Crippen molar-refractivity contribution in [2.45, 2.75) is 41.5 Å². The highest BCUT2D eigenvalue weighted by atomic mass is 32.2. The number of hydrogen-bond acceptors (Lipinski definition) is 10. The second-order valence-corrected chi connectivity index (χ2v) is 14.9. The average Bonchev–Trinajstić information content (AvgIpc) is 3.51. The molecule has 1 fully saturated rings. The van der Waals surface area contributed by atoms with Crippen molar-refractivity contribution < 1.29 is 27.5 Å². The molecular weight excluding hydrogens is 675 g/mol. The van der Waals surface area contributed by atoms with Crippen LogP contribution in [-0.2, 0) is 31.0 Å². The van der Waals surface area contributed by atoms with Crippen molar-refractivity contribution in [1.82, 2.24) is 4.57 Å². The number of anilines is 3. The monoisotopic (exact) mass is 707 g/mol. The van der Waals surface area contributed by atoms with Gasteiger partial charge in [0.15, 0.2) is 0 Å². The van der Waals surface area contributed by atoms with E-state index >= 15 is 0 Å². The second-order valence-electron chi connectivity index (χ2n) is 11.3. The molecule has 3 aromatic carbocycles. The number of rotatable bonds is 10. The van der Waals surface area contributed by atoms with E-state index in [0.717, 1.165) is 47.4 Å². The van der Waals surface area contributed by atoms with Gasteiger partial charge in [-0.15, -0.1) is 0 Å². The summed E-state index contributed by atoms with van der Waals surface area (Å²) in [6, 6.07) is 19.9. The van der Waals surface area contributed by atoms with Gasteiger partial charge in [0.25, 0.3) is 0 Å². The molecule has 3 atom stereocenters. The molecule has 3 heterocycles. The molecule has 3 N–H and O–H groups in total. The first-order chi connectivity index (χ1) is 22.9. The average molecular weight is 708 g/mol. The number of benzene rings is 3. The fourth-order valence-corrected chi connectivity index (χ4v) is 9.44. The summed E-state index contributed by atoms with van der Waals surface area (Å²) in [6.07, 6.45) is 0. The van der Waals surface area contributed by atoms with Crippen molar-refractivity contribution in [3.8, 4) is 5.75 Å². The van der Waals surface area contributed by atoms with Gasteiger partial charge in [-0.3, -0.25) is 23.7 Å². The number of hydrogen-bond donors (Lipinski definition) is 2. The molecule has 0 aliphatic carbocycles. The molecule has 0 spiro atoms. The first-order valence-corrected chi connectivity index (χ1v) is 18.4. The summed E-state index contributed by atoms with van der Waals surface area (Å²) in [6.45, 7) is 5.41. The smallest absolute Gasteiger partial charge is 0.308 e. The van der Waals surface area contributed by atoms with Crippen molar-refractivity contribution >= 4 is 67.9 Å². The molecule has 4 aromatic rings. The van der Waals surface area contributed by atoms with Gasteiger partial charge in [-0.2, -0.15) is 0 Å². The minimum Gasteiger partial charge on any atom is -0.497 e. The highest BCUT2D eigenvalue weighted by Crippen LogP contribution is 2.54. The first-order valence-electron chi connectivity index (χ1n) is 15.1. The van der Waals surface area contributed by atoms with Crippen molar-refractivity contribution in [2.75, 3.05) is 35.3 Å². The Morgan fingerprint density at radius 3 is 2.17 bits per heavy atom. The summed E-state index contributed by atoms with van der Waals surface area (Å²) in [5, 5.41) is 7.47. The van der Waals surface area contributed by atoms with E-state index < -0.39 is 43.8 Å². The number of carbonyl (C=O) groups excluding carboxylic acids is 3. The van der Waals surface area contributed by atoms with Crippen LogP contribution in [-0.4, -0.2) is 56.2 Å². The zero-order valence-electron chi connectivity index (χ0n) is 26.3. The van der Waals surface area contributed by atoms with Crippen LogP contribution in [0.1, 0.15) is 30.2 Å². The number of thioether (sulfide) groups is 1. The number of ether oxygens (including phenoxy) is 1. The van der Waals surface area contributed by atoms with Gasteiger partial charge < -0.3 is 15.0 Å². The Bertz CT molecular complexity index is 2040. The standard InChI is InChI=1S/C33H33N5O7S3/c1-4-36(5-2)21-10-6-19(7-11-21)26-27-28(31(41)38(30(27)40)22-12-14-23(45-3)15-13-22)46-32-29(26)47-33(42)37(32)18-25(39)35-20-8-16-24(17-9-20)48(34,43)44/h6-17,26-28H,4-5,18H2,1-3H3,(H,35,39)(H2,34,43,44). The topological polar surface area (TPSA) is 161 Å². The van der Waals surface area contributed by atoms with Crippen LogP contribution >= 0.6 is 23.1 Å². The van der Waals surface area contributed by atoms with Gasteiger partial charge in [0, 0.05) is 35.3 Å². The molecule has 6 rings (SSSR count). The number of imide groups is 1. The highest BCUT2D eigenvalue weighted by molar-refractivity contribution is 8.00. The molecule has 12 nitrogen and oxygen atoms in total. The Morgan fingerprint density at radius 1 is 0.938 bits per heavy atom. The quantitative estimate of drug-likeness (QED) is 0.233. The van der Waals surface area contributed by atoms with Crippen LogP contribution in [0.2, 0.25) is 0 Å². The van der Waals surface area contributed by atoms with E-state index in [4.69, 9.17) is 9.88 Å². The number of nitrogens with zero attached hydrogens (tertiary/aromatic N) is 3. The van der Waals surface area contributed by atoms with Crippen LogP contribution in [0.25, 0.3) is 0 Å². The summed E-state index contributed by atoms with van der Waals surface area (Å²) < 4.78 is 29.8. The summed E-state index contributed by atoms with van der Waals surface area (Å²) in [7, 11) is -2.37. The maximum Gasteiger partial charge on any atom is 0.308 e. The number of thiazole rings is 1. The Labute approximate surface area is 285 Å². The lowest BCUT2D eigenvalue weighted by molar-refractivity contribution is -0.122. The van der Waals surface area contributed by atoms with E-state index in [9.17, 15) is 27.6 Å². The van der Waals surface area contributed by atoms with Gasteiger partial charge in [-0.25, -0.2) is 18.5 Å². The van der Waals surface area contributed by atoms with Crippen LogP contribution in [0.4, 0.5) is 17.1 Å². The van der Waals surface area contributed by atoms with E-state index in [1.165, 1.54) is 40.8 Å². The Balaban J connectivity index is 1.37. The van der Waals surface area contributed by atoms with E-state index in [1.807, 2.05) is 24.3 Å². The maximum absolute atomic E-state index is 14.2. The Hall–Kier alpha value is -4.44. The summed E-state index contributed by atoms with van der Waals surface area (Å²) >= 11 is 2.09. The number of sulfonamides is 1. The van der Waals surface area contributed by atoms with Gasteiger partial charge in [0.2, 0.25) is 27.7 Å². The highest BCUT2D eigenvalue weighted by Gasteiger charge is 2.56. The van der Waals surface area contributed by atoms with E-state index in [2.05, 4.69) is 24.1 Å². The Morgan fingerprint density at radius 2 is 1.58 bits per heavy atom. The van der Waals surface area contributed by atoms with E-state index in [0.29, 0.717) is 27.0 Å². The lowest BCUT2D eigenvalue weighted by atomic mass is 9.83. The predicted octanol–water partition coefficient (Wildman–Crippen LogP) is 3.85. The molecule has 1 aromatic heterocycles.